The van der Waals surface area contributed by atoms with Gasteiger partial charge in [0, 0.05) is 43.3 Å². The highest BCUT2D eigenvalue weighted by molar-refractivity contribution is 9.10. The van der Waals surface area contributed by atoms with Gasteiger partial charge in [-0.15, -0.1) is 0 Å². The van der Waals surface area contributed by atoms with Gasteiger partial charge < -0.3 is 4.90 Å². The summed E-state index contributed by atoms with van der Waals surface area (Å²) in [4.78, 5) is 15.4. The summed E-state index contributed by atoms with van der Waals surface area (Å²) in [5.74, 6) is 0. The standard InChI is InChI=1S/C17H18BrN3O2/c18-15-6-7-16(17(12-15)21(22)23)20-10-8-19(9-11-20)13-14-4-2-1-3-5-14/h1-7,12H,8-11,13H2. The van der Waals surface area contributed by atoms with Crippen LogP contribution < -0.4 is 4.90 Å². The number of hydrogen-bond donors (Lipinski definition) is 0. The lowest BCUT2D eigenvalue weighted by Crippen LogP contribution is -2.46. The van der Waals surface area contributed by atoms with E-state index in [0.29, 0.717) is 5.69 Å². The molecule has 0 atom stereocenters. The van der Waals surface area contributed by atoms with Gasteiger partial charge in [0.2, 0.25) is 0 Å². The minimum absolute atomic E-state index is 0.163. The smallest absolute Gasteiger partial charge is 0.293 e. The molecule has 0 unspecified atom stereocenters. The first-order chi connectivity index (χ1) is 11.1. The predicted molar refractivity (Wildman–Crippen MR) is 94.7 cm³/mol. The first-order valence-corrected chi connectivity index (χ1v) is 8.38. The van der Waals surface area contributed by atoms with E-state index in [1.807, 2.05) is 18.2 Å². The highest BCUT2D eigenvalue weighted by Gasteiger charge is 2.23. The lowest BCUT2D eigenvalue weighted by Gasteiger charge is -2.35. The third-order valence-electron chi connectivity index (χ3n) is 4.10. The Hall–Kier alpha value is -1.92. The lowest BCUT2D eigenvalue weighted by molar-refractivity contribution is -0.384. The molecular formula is C17H18BrN3O2. The van der Waals surface area contributed by atoms with Crippen LogP contribution in [0.5, 0.6) is 0 Å². The molecule has 1 aliphatic rings. The number of hydrogen-bond acceptors (Lipinski definition) is 4. The van der Waals surface area contributed by atoms with Crippen LogP contribution in [-0.4, -0.2) is 36.0 Å². The van der Waals surface area contributed by atoms with Crippen molar-refractivity contribution < 1.29 is 4.92 Å². The van der Waals surface area contributed by atoms with Crippen molar-refractivity contribution >= 4 is 27.3 Å². The number of rotatable bonds is 4. The molecule has 0 aliphatic carbocycles. The number of piperazine rings is 1. The van der Waals surface area contributed by atoms with Crippen molar-refractivity contribution in [3.63, 3.8) is 0 Å². The molecule has 0 spiro atoms. The largest absolute Gasteiger partial charge is 0.363 e. The maximum Gasteiger partial charge on any atom is 0.293 e. The number of anilines is 1. The lowest BCUT2D eigenvalue weighted by atomic mass is 10.2. The van der Waals surface area contributed by atoms with Gasteiger partial charge >= 0.3 is 0 Å². The molecular weight excluding hydrogens is 358 g/mol. The van der Waals surface area contributed by atoms with E-state index >= 15 is 0 Å². The van der Waals surface area contributed by atoms with Crippen molar-refractivity contribution in [1.29, 1.82) is 0 Å². The summed E-state index contributed by atoms with van der Waals surface area (Å²) in [6, 6.07) is 15.7. The molecule has 1 fully saturated rings. The van der Waals surface area contributed by atoms with Crippen molar-refractivity contribution in [3.8, 4) is 0 Å². The van der Waals surface area contributed by atoms with E-state index in [4.69, 9.17) is 0 Å². The fraction of sp³-hybridized carbons (Fsp3) is 0.294. The molecule has 0 amide bonds. The number of halogens is 1. The Kier molecular flexibility index (Phi) is 4.93. The first-order valence-electron chi connectivity index (χ1n) is 7.58. The second-order valence-electron chi connectivity index (χ2n) is 5.64. The van der Waals surface area contributed by atoms with Crippen LogP contribution in [-0.2, 0) is 6.54 Å². The van der Waals surface area contributed by atoms with Gasteiger partial charge in [-0.1, -0.05) is 46.3 Å². The molecule has 2 aromatic carbocycles. The molecule has 1 heterocycles. The van der Waals surface area contributed by atoms with Crippen LogP contribution in [0.4, 0.5) is 11.4 Å². The van der Waals surface area contributed by atoms with Gasteiger partial charge in [0.1, 0.15) is 5.69 Å². The number of nitro benzene ring substituents is 1. The van der Waals surface area contributed by atoms with Crippen LogP contribution in [0.1, 0.15) is 5.56 Å². The molecule has 120 valence electrons. The molecule has 2 aromatic rings. The van der Waals surface area contributed by atoms with Crippen molar-refractivity contribution in [2.75, 3.05) is 31.1 Å². The van der Waals surface area contributed by atoms with E-state index in [2.05, 4.69) is 50.0 Å². The molecule has 0 aromatic heterocycles. The SMILES string of the molecule is O=[N+]([O-])c1cc(Br)ccc1N1CCN(Cc2ccccc2)CC1. The molecule has 1 saturated heterocycles. The Balaban J connectivity index is 1.66. The van der Waals surface area contributed by atoms with Gasteiger partial charge in [-0.05, 0) is 17.7 Å². The van der Waals surface area contributed by atoms with Crippen LogP contribution in [0.25, 0.3) is 0 Å². The van der Waals surface area contributed by atoms with Crippen LogP contribution in [0.2, 0.25) is 0 Å². The third kappa shape index (κ3) is 3.89. The summed E-state index contributed by atoms with van der Waals surface area (Å²) in [5.41, 5.74) is 2.17. The summed E-state index contributed by atoms with van der Waals surface area (Å²) < 4.78 is 0.732. The Morgan fingerprint density at radius 1 is 1.04 bits per heavy atom. The summed E-state index contributed by atoms with van der Waals surface area (Å²) in [7, 11) is 0. The number of benzene rings is 2. The monoisotopic (exact) mass is 375 g/mol. The van der Waals surface area contributed by atoms with Crippen molar-refractivity contribution in [2.45, 2.75) is 6.54 Å². The second kappa shape index (κ2) is 7.10. The maximum atomic E-state index is 11.3. The average molecular weight is 376 g/mol. The quantitative estimate of drug-likeness (QED) is 0.604. The Bertz CT molecular complexity index is 685. The third-order valence-corrected chi connectivity index (χ3v) is 4.59. The normalized spacial score (nSPS) is 15.6. The fourth-order valence-electron chi connectivity index (χ4n) is 2.90. The van der Waals surface area contributed by atoms with Gasteiger partial charge in [0.15, 0.2) is 0 Å². The minimum atomic E-state index is -0.309. The number of nitrogens with zero attached hydrogens (tertiary/aromatic N) is 3. The van der Waals surface area contributed by atoms with E-state index < -0.39 is 0 Å². The van der Waals surface area contributed by atoms with E-state index in [-0.39, 0.29) is 10.6 Å². The van der Waals surface area contributed by atoms with Crippen molar-refractivity contribution in [2.24, 2.45) is 0 Å². The summed E-state index contributed by atoms with van der Waals surface area (Å²) >= 11 is 3.30. The van der Waals surface area contributed by atoms with Crippen LogP contribution in [0.3, 0.4) is 0 Å². The Morgan fingerprint density at radius 2 is 1.74 bits per heavy atom. The van der Waals surface area contributed by atoms with Crippen molar-refractivity contribution in [3.05, 3.63) is 68.7 Å². The minimum Gasteiger partial charge on any atom is -0.363 e. The molecule has 6 heteroatoms. The molecule has 0 radical (unpaired) electrons. The zero-order valence-electron chi connectivity index (χ0n) is 12.7. The van der Waals surface area contributed by atoms with Crippen LogP contribution in [0, 0.1) is 10.1 Å². The molecule has 5 nitrogen and oxygen atoms in total. The average Bonchev–Trinajstić information content (AvgIpc) is 2.56. The van der Waals surface area contributed by atoms with E-state index in [1.54, 1.807) is 6.07 Å². The summed E-state index contributed by atoms with van der Waals surface area (Å²) in [6.07, 6.45) is 0. The topological polar surface area (TPSA) is 49.6 Å². The Labute approximate surface area is 143 Å². The molecule has 3 rings (SSSR count). The summed E-state index contributed by atoms with van der Waals surface area (Å²) in [6.45, 7) is 4.34. The van der Waals surface area contributed by atoms with Gasteiger partial charge in [0.25, 0.3) is 5.69 Å². The molecule has 23 heavy (non-hydrogen) atoms. The molecule has 1 aliphatic heterocycles. The van der Waals surface area contributed by atoms with E-state index in [9.17, 15) is 10.1 Å². The van der Waals surface area contributed by atoms with Gasteiger partial charge in [-0.2, -0.15) is 0 Å². The fourth-order valence-corrected chi connectivity index (χ4v) is 3.25. The first kappa shape index (κ1) is 16.0. The highest BCUT2D eigenvalue weighted by Crippen LogP contribution is 2.31. The van der Waals surface area contributed by atoms with Gasteiger partial charge in [0.05, 0.1) is 4.92 Å². The summed E-state index contributed by atoms with van der Waals surface area (Å²) in [5, 5.41) is 11.3. The van der Waals surface area contributed by atoms with E-state index in [1.165, 1.54) is 5.56 Å². The molecule has 0 bridgehead atoms. The maximum absolute atomic E-state index is 11.3. The molecule has 0 saturated carbocycles. The number of nitro groups is 1. The second-order valence-corrected chi connectivity index (χ2v) is 6.55. The zero-order chi connectivity index (χ0) is 16.2. The van der Waals surface area contributed by atoms with Gasteiger partial charge in [-0.25, -0.2) is 0 Å². The van der Waals surface area contributed by atoms with Gasteiger partial charge in [-0.3, -0.25) is 15.0 Å². The van der Waals surface area contributed by atoms with Crippen molar-refractivity contribution in [1.82, 2.24) is 4.90 Å². The highest BCUT2D eigenvalue weighted by atomic mass is 79.9. The zero-order valence-corrected chi connectivity index (χ0v) is 14.3. The van der Waals surface area contributed by atoms with Crippen LogP contribution in [0.15, 0.2) is 53.0 Å². The van der Waals surface area contributed by atoms with E-state index in [0.717, 1.165) is 37.2 Å². The Morgan fingerprint density at radius 3 is 2.39 bits per heavy atom. The molecule has 0 N–H and O–H groups in total. The van der Waals surface area contributed by atoms with Crippen LogP contribution >= 0.6 is 15.9 Å². The predicted octanol–water partition coefficient (Wildman–Crippen LogP) is 3.68.